The molecule has 0 fully saturated rings. The van der Waals surface area contributed by atoms with E-state index in [9.17, 15) is 4.79 Å². The maximum Gasteiger partial charge on any atom is 0.305 e. The van der Waals surface area contributed by atoms with Crippen molar-refractivity contribution in [2.24, 2.45) is 0 Å². The van der Waals surface area contributed by atoms with E-state index in [0.29, 0.717) is 24.0 Å². The molecule has 18 heavy (non-hydrogen) atoms. The van der Waals surface area contributed by atoms with Gasteiger partial charge in [-0.3, -0.25) is 4.79 Å². The number of tetrazole rings is 1. The zero-order chi connectivity index (χ0) is 12.5. The van der Waals surface area contributed by atoms with Gasteiger partial charge in [-0.2, -0.15) is 5.21 Å². The Hall–Kier alpha value is -2.45. The van der Waals surface area contributed by atoms with Crippen LogP contribution in [0, 0.1) is 0 Å². The molecule has 1 aliphatic heterocycles. The van der Waals surface area contributed by atoms with Crippen molar-refractivity contribution in [1.29, 1.82) is 0 Å². The van der Waals surface area contributed by atoms with Gasteiger partial charge < -0.3 is 15.0 Å². The van der Waals surface area contributed by atoms with E-state index in [0.717, 1.165) is 6.42 Å². The summed E-state index contributed by atoms with van der Waals surface area (Å²) < 4.78 is 1.82. The highest BCUT2D eigenvalue weighted by Crippen LogP contribution is 2.28. The number of nitrogens with zero attached hydrogens (tertiary/aromatic N) is 5. The van der Waals surface area contributed by atoms with Crippen LogP contribution in [0.25, 0.3) is 11.5 Å². The maximum atomic E-state index is 10.8. The first-order valence-electron chi connectivity index (χ1n) is 5.52. The number of hydrogen-bond acceptors (Lipinski definition) is 6. The van der Waals surface area contributed by atoms with E-state index in [4.69, 9.17) is 5.11 Å². The van der Waals surface area contributed by atoms with Gasteiger partial charge in [-0.1, -0.05) is 0 Å². The van der Waals surface area contributed by atoms with Crippen LogP contribution >= 0.6 is 0 Å². The summed E-state index contributed by atoms with van der Waals surface area (Å²) in [5, 5.41) is 25.5. The number of hydrogen-bond donors (Lipinski definition) is 3. The Labute approximate surface area is 101 Å². The first-order chi connectivity index (χ1) is 8.74. The molecule has 9 nitrogen and oxygen atoms in total. The highest BCUT2D eigenvalue weighted by molar-refractivity contribution is 5.67. The normalized spacial score (nSPS) is 18.1. The third-order valence-corrected chi connectivity index (χ3v) is 2.87. The minimum Gasteiger partial charge on any atom is -0.481 e. The molecule has 0 spiro atoms. The molecule has 3 N–H and O–H groups in total. The minimum absolute atomic E-state index is 0.0801. The summed E-state index contributed by atoms with van der Waals surface area (Å²) >= 11 is 0. The third-order valence-electron chi connectivity index (χ3n) is 2.87. The molecule has 0 aliphatic carbocycles. The van der Waals surface area contributed by atoms with E-state index in [1.807, 2.05) is 4.57 Å². The Bertz CT molecular complexity index is 561. The van der Waals surface area contributed by atoms with E-state index < -0.39 is 5.97 Å². The molecule has 1 aliphatic rings. The predicted molar refractivity (Wildman–Crippen MR) is 59.8 cm³/mol. The summed E-state index contributed by atoms with van der Waals surface area (Å²) in [6.07, 6.45) is 2.58. The highest BCUT2D eigenvalue weighted by Gasteiger charge is 2.24. The van der Waals surface area contributed by atoms with Crippen molar-refractivity contribution in [3.8, 4) is 11.5 Å². The van der Waals surface area contributed by atoms with Gasteiger partial charge in [0.05, 0.1) is 6.42 Å². The first-order valence-corrected chi connectivity index (χ1v) is 5.52. The number of carboxylic acid groups (broad SMARTS) is 1. The van der Waals surface area contributed by atoms with Gasteiger partial charge in [-0.15, -0.1) is 10.2 Å². The van der Waals surface area contributed by atoms with Crippen molar-refractivity contribution in [2.45, 2.75) is 18.9 Å². The van der Waals surface area contributed by atoms with E-state index in [1.165, 1.54) is 0 Å². The van der Waals surface area contributed by atoms with Gasteiger partial charge in [0.2, 0.25) is 11.8 Å². The van der Waals surface area contributed by atoms with Gasteiger partial charge in [0.15, 0.2) is 0 Å². The van der Waals surface area contributed by atoms with Crippen LogP contribution in [0.3, 0.4) is 0 Å². The number of H-pyrrole nitrogens is 1. The Kier molecular flexibility index (Phi) is 2.43. The minimum atomic E-state index is -0.817. The van der Waals surface area contributed by atoms with Crippen LogP contribution in [-0.2, 0) is 4.79 Å². The summed E-state index contributed by atoms with van der Waals surface area (Å²) in [5.41, 5.74) is 0.573. The molecule has 1 atom stereocenters. The molecule has 0 saturated carbocycles. The van der Waals surface area contributed by atoms with Gasteiger partial charge in [-0.05, 0) is 11.6 Å². The lowest BCUT2D eigenvalue weighted by atomic mass is 10.1. The Balaban J connectivity index is 1.95. The first kappa shape index (κ1) is 10.7. The van der Waals surface area contributed by atoms with Crippen LogP contribution in [0.1, 0.15) is 18.9 Å². The third kappa shape index (κ3) is 1.79. The monoisotopic (exact) mass is 249 g/mol. The molecule has 94 valence electrons. The summed E-state index contributed by atoms with van der Waals surface area (Å²) in [5.74, 6) is 0.225. The van der Waals surface area contributed by atoms with Gasteiger partial charge in [0.1, 0.15) is 5.69 Å². The van der Waals surface area contributed by atoms with Crippen LogP contribution in [0.15, 0.2) is 6.20 Å². The maximum absolute atomic E-state index is 10.8. The molecule has 3 heterocycles. The van der Waals surface area contributed by atoms with Crippen LogP contribution < -0.4 is 5.32 Å². The zero-order valence-electron chi connectivity index (χ0n) is 9.37. The lowest BCUT2D eigenvalue weighted by Gasteiger charge is -2.24. The largest absolute Gasteiger partial charge is 0.481 e. The highest BCUT2D eigenvalue weighted by atomic mass is 16.4. The van der Waals surface area contributed by atoms with Gasteiger partial charge >= 0.3 is 5.97 Å². The number of rotatable bonds is 3. The fourth-order valence-electron chi connectivity index (χ4n) is 2.07. The molecule has 0 amide bonds. The van der Waals surface area contributed by atoms with E-state index in [1.54, 1.807) is 6.20 Å². The Morgan fingerprint density at radius 3 is 3.22 bits per heavy atom. The average molecular weight is 249 g/mol. The summed E-state index contributed by atoms with van der Waals surface area (Å²) in [4.78, 5) is 15.1. The second-order valence-electron chi connectivity index (χ2n) is 4.06. The average Bonchev–Trinajstić information content (AvgIpc) is 2.97. The number of imidazole rings is 1. The fraction of sp³-hybridized carbons (Fsp3) is 0.444. The lowest BCUT2D eigenvalue weighted by molar-refractivity contribution is -0.137. The number of nitrogens with one attached hydrogen (secondary N) is 2. The molecule has 9 heteroatoms. The second kappa shape index (κ2) is 4.09. The quantitative estimate of drug-likeness (QED) is 0.693. The molecule has 0 bridgehead atoms. The number of carbonyl (C=O) groups is 1. The van der Waals surface area contributed by atoms with Gasteiger partial charge in [0, 0.05) is 18.8 Å². The van der Waals surface area contributed by atoms with E-state index in [-0.39, 0.29) is 12.5 Å². The molecular formula is C9H11N7O2. The lowest BCUT2D eigenvalue weighted by Crippen LogP contribution is -2.24. The molecule has 0 radical (unpaired) electrons. The number of aliphatic carboxylic acids is 1. The zero-order valence-corrected chi connectivity index (χ0v) is 9.37. The van der Waals surface area contributed by atoms with Crippen LogP contribution in [-0.4, -0.2) is 47.8 Å². The van der Waals surface area contributed by atoms with Crippen molar-refractivity contribution >= 4 is 11.9 Å². The fourth-order valence-corrected chi connectivity index (χ4v) is 2.07. The molecule has 1 unspecified atom stereocenters. The van der Waals surface area contributed by atoms with Crippen LogP contribution in [0.2, 0.25) is 0 Å². The van der Waals surface area contributed by atoms with Crippen molar-refractivity contribution in [1.82, 2.24) is 30.2 Å². The van der Waals surface area contributed by atoms with Gasteiger partial charge in [-0.25, -0.2) is 4.98 Å². The summed E-state index contributed by atoms with van der Waals surface area (Å²) in [6, 6.07) is -0.0908. The van der Waals surface area contributed by atoms with E-state index >= 15 is 0 Å². The number of carboxylic acids is 1. The SMILES string of the molecule is O=C(O)CC1CCNc2nc(-c3nn[nH]n3)cn21. The molecular weight excluding hydrogens is 238 g/mol. The van der Waals surface area contributed by atoms with Crippen molar-refractivity contribution in [3.63, 3.8) is 0 Å². The molecule has 0 saturated heterocycles. The van der Waals surface area contributed by atoms with Crippen molar-refractivity contribution in [3.05, 3.63) is 6.20 Å². The number of aromatic amines is 1. The standard InChI is InChI=1S/C9H11N7O2/c17-7(18)3-5-1-2-10-9-11-6(4-16(5)9)8-12-14-15-13-8/h4-5H,1-3H2,(H,10,11)(H,17,18)(H,12,13,14,15). The molecule has 2 aromatic heterocycles. The predicted octanol–water partition coefficient (Wildman–Crippen LogP) is -0.105. The number of fused-ring (bicyclic) bond motifs is 1. The Morgan fingerprint density at radius 2 is 2.50 bits per heavy atom. The smallest absolute Gasteiger partial charge is 0.305 e. The van der Waals surface area contributed by atoms with Crippen molar-refractivity contribution < 1.29 is 9.90 Å². The topological polar surface area (TPSA) is 122 Å². The van der Waals surface area contributed by atoms with Crippen LogP contribution in [0.4, 0.5) is 5.95 Å². The summed E-state index contributed by atoms with van der Waals surface area (Å²) in [6.45, 7) is 0.709. The number of anilines is 1. The number of aromatic nitrogens is 6. The molecule has 0 aromatic carbocycles. The summed E-state index contributed by atoms with van der Waals surface area (Å²) in [7, 11) is 0. The second-order valence-corrected chi connectivity index (χ2v) is 4.06. The Morgan fingerprint density at radius 1 is 1.61 bits per heavy atom. The van der Waals surface area contributed by atoms with Crippen molar-refractivity contribution in [2.75, 3.05) is 11.9 Å². The van der Waals surface area contributed by atoms with E-state index in [2.05, 4.69) is 30.9 Å². The molecule has 3 rings (SSSR count). The van der Waals surface area contributed by atoms with Gasteiger partial charge in [0.25, 0.3) is 0 Å². The molecule has 2 aromatic rings. The van der Waals surface area contributed by atoms with Crippen LogP contribution in [0.5, 0.6) is 0 Å².